The predicted octanol–water partition coefficient (Wildman–Crippen LogP) is 1.24. The number of likely N-dealkylation sites (N-methyl/N-ethyl adjacent to an activating group) is 1. The molecule has 0 amide bonds. The first-order valence-corrected chi connectivity index (χ1v) is 5.61. The van der Waals surface area contributed by atoms with Crippen LogP contribution in [0.3, 0.4) is 0 Å². The van der Waals surface area contributed by atoms with E-state index in [0.717, 1.165) is 11.3 Å². The maximum absolute atomic E-state index is 13.3. The highest BCUT2D eigenvalue weighted by molar-refractivity contribution is 5.87. The average molecular weight is 265 g/mol. The first-order chi connectivity index (χ1) is 8.25. The van der Waals surface area contributed by atoms with Gasteiger partial charge in [0.1, 0.15) is 4.92 Å². The summed E-state index contributed by atoms with van der Waals surface area (Å²) in [5.41, 5.74) is 0. The van der Waals surface area contributed by atoms with E-state index in [1.807, 2.05) is 6.92 Å². The molecular formula is C10H17F2N3O3. The summed E-state index contributed by atoms with van der Waals surface area (Å²) >= 11 is 0. The molecule has 1 heterocycles. The molecule has 0 saturated carbocycles. The summed E-state index contributed by atoms with van der Waals surface area (Å²) in [4.78, 5) is 13.4. The van der Waals surface area contributed by atoms with Crippen molar-refractivity contribution in [2.75, 3.05) is 27.2 Å². The van der Waals surface area contributed by atoms with Crippen molar-refractivity contribution in [3.63, 3.8) is 0 Å². The lowest BCUT2D eigenvalue weighted by Gasteiger charge is -2.18. The maximum atomic E-state index is 13.3. The first-order valence-electron chi connectivity index (χ1n) is 5.61. The molecule has 1 saturated heterocycles. The zero-order valence-electron chi connectivity index (χ0n) is 10.6. The van der Waals surface area contributed by atoms with Crippen LogP contribution in [0.1, 0.15) is 13.3 Å². The molecule has 18 heavy (non-hydrogen) atoms. The normalized spacial score (nSPS) is 25.3. The van der Waals surface area contributed by atoms with Crippen molar-refractivity contribution in [1.29, 1.82) is 0 Å². The van der Waals surface area contributed by atoms with Crippen LogP contribution in [-0.2, 0) is 4.74 Å². The minimum Gasteiger partial charge on any atom is -0.378 e. The molecule has 0 aromatic heterocycles. The van der Waals surface area contributed by atoms with Gasteiger partial charge in [-0.3, -0.25) is 15.1 Å². The lowest BCUT2D eigenvalue weighted by molar-refractivity contribution is -0.618. The zero-order chi connectivity index (χ0) is 13.9. The zero-order valence-corrected chi connectivity index (χ0v) is 10.6. The number of hydrogen-bond donors (Lipinski definition) is 0. The van der Waals surface area contributed by atoms with Crippen LogP contribution in [0.15, 0.2) is 4.99 Å². The summed E-state index contributed by atoms with van der Waals surface area (Å²) in [7, 11) is 2.62. The molecule has 0 aliphatic carbocycles. The van der Waals surface area contributed by atoms with Gasteiger partial charge in [0.05, 0.1) is 12.7 Å². The van der Waals surface area contributed by atoms with E-state index in [-0.39, 0.29) is 18.6 Å². The topological polar surface area (TPSA) is 68.0 Å². The molecule has 0 spiro atoms. The van der Waals surface area contributed by atoms with Gasteiger partial charge in [-0.15, -0.1) is 8.78 Å². The van der Waals surface area contributed by atoms with Crippen LogP contribution in [0, 0.1) is 16.0 Å². The fourth-order valence-electron chi connectivity index (χ4n) is 1.84. The van der Waals surface area contributed by atoms with Crippen LogP contribution in [-0.4, -0.2) is 55.1 Å². The molecule has 1 aliphatic heterocycles. The number of ether oxygens (including phenoxy) is 1. The van der Waals surface area contributed by atoms with E-state index in [1.54, 1.807) is 0 Å². The number of nitro groups is 1. The molecule has 1 fully saturated rings. The number of rotatable bonds is 4. The number of halogens is 2. The van der Waals surface area contributed by atoms with Gasteiger partial charge in [-0.1, -0.05) is 0 Å². The first kappa shape index (κ1) is 14.7. The summed E-state index contributed by atoms with van der Waals surface area (Å²) in [6.07, 6.45) is 0.817. The highest BCUT2D eigenvalue weighted by Gasteiger charge is 2.52. The third kappa shape index (κ3) is 3.34. The molecule has 6 nitrogen and oxygen atoms in total. The van der Waals surface area contributed by atoms with E-state index in [4.69, 9.17) is 4.74 Å². The molecular weight excluding hydrogens is 248 g/mol. The Labute approximate surface area is 104 Å². The number of nitrogens with zero attached hydrogens (tertiary/aromatic N) is 3. The van der Waals surface area contributed by atoms with Gasteiger partial charge in [0.25, 0.3) is 5.84 Å². The molecule has 0 bridgehead atoms. The Hall–Kier alpha value is -1.31. The number of amidine groups is 1. The lowest BCUT2D eigenvalue weighted by atomic mass is 10.1. The number of alkyl halides is 2. The Bertz CT molecular complexity index is 347. The van der Waals surface area contributed by atoms with E-state index < -0.39 is 16.8 Å². The largest absolute Gasteiger partial charge is 0.572 e. The van der Waals surface area contributed by atoms with Crippen molar-refractivity contribution >= 4 is 5.84 Å². The maximum Gasteiger partial charge on any atom is 0.572 e. The fraction of sp³-hybridized carbons (Fsp3) is 0.900. The Morgan fingerprint density at radius 1 is 1.61 bits per heavy atom. The van der Waals surface area contributed by atoms with Crippen molar-refractivity contribution in [2.24, 2.45) is 10.9 Å². The van der Waals surface area contributed by atoms with Gasteiger partial charge in [-0.2, -0.15) is 0 Å². The molecule has 0 aromatic rings. The monoisotopic (exact) mass is 265 g/mol. The fourth-order valence-corrected chi connectivity index (χ4v) is 1.84. The van der Waals surface area contributed by atoms with Gasteiger partial charge in [-0.25, -0.2) is 0 Å². The van der Waals surface area contributed by atoms with Gasteiger partial charge < -0.3 is 9.64 Å². The average Bonchev–Trinajstić information content (AvgIpc) is 2.63. The molecule has 0 N–H and O–H groups in total. The van der Waals surface area contributed by atoms with Crippen molar-refractivity contribution in [3.05, 3.63) is 10.1 Å². The van der Waals surface area contributed by atoms with Crippen LogP contribution < -0.4 is 0 Å². The Kier molecular flexibility index (Phi) is 4.55. The summed E-state index contributed by atoms with van der Waals surface area (Å²) < 4.78 is 31.9. The molecule has 2 unspecified atom stereocenters. The van der Waals surface area contributed by atoms with Crippen molar-refractivity contribution in [2.45, 2.75) is 25.5 Å². The summed E-state index contributed by atoms with van der Waals surface area (Å²) in [6.45, 7) is 2.46. The molecule has 1 aliphatic rings. The lowest BCUT2D eigenvalue weighted by Crippen LogP contribution is -2.45. The van der Waals surface area contributed by atoms with Crippen molar-refractivity contribution in [1.82, 2.24) is 4.90 Å². The van der Waals surface area contributed by atoms with Crippen LogP contribution >= 0.6 is 0 Å². The number of hydrogen-bond acceptors (Lipinski definition) is 4. The highest BCUT2D eigenvalue weighted by Crippen LogP contribution is 2.22. The molecule has 8 heteroatoms. The second kappa shape index (κ2) is 5.55. The van der Waals surface area contributed by atoms with E-state index in [9.17, 15) is 18.9 Å². The highest BCUT2D eigenvalue weighted by atomic mass is 19.3. The summed E-state index contributed by atoms with van der Waals surface area (Å²) in [5, 5.41) is 10.3. The van der Waals surface area contributed by atoms with Gasteiger partial charge in [0, 0.05) is 26.6 Å². The summed E-state index contributed by atoms with van der Waals surface area (Å²) in [6, 6.07) is -4.16. The molecule has 104 valence electrons. The predicted molar refractivity (Wildman–Crippen MR) is 61.5 cm³/mol. The van der Waals surface area contributed by atoms with Gasteiger partial charge in [0.15, 0.2) is 0 Å². The number of aliphatic imine (C=N–C) groups is 1. The standard InChI is InChI=1S/C10H17F2N3O3/c1-7-4-8(6-18-7)5-13-9(14(2)3)10(11,12)15(16)17/h7-8H,4-6H2,1-3H3. The molecule has 0 aromatic carbocycles. The Balaban J connectivity index is 2.76. The van der Waals surface area contributed by atoms with E-state index in [0.29, 0.717) is 6.61 Å². The van der Waals surface area contributed by atoms with E-state index >= 15 is 0 Å². The molecule has 1 rings (SSSR count). The van der Waals surface area contributed by atoms with Crippen molar-refractivity contribution in [3.8, 4) is 0 Å². The Morgan fingerprint density at radius 3 is 2.61 bits per heavy atom. The Morgan fingerprint density at radius 2 is 2.22 bits per heavy atom. The minimum absolute atomic E-state index is 0.0394. The van der Waals surface area contributed by atoms with E-state index in [1.165, 1.54) is 14.1 Å². The van der Waals surface area contributed by atoms with Gasteiger partial charge in [0.2, 0.25) is 0 Å². The van der Waals surface area contributed by atoms with Crippen LogP contribution in [0.25, 0.3) is 0 Å². The second-order valence-corrected chi connectivity index (χ2v) is 4.60. The second-order valence-electron chi connectivity index (χ2n) is 4.60. The summed E-state index contributed by atoms with van der Waals surface area (Å²) in [5.74, 6) is -0.787. The van der Waals surface area contributed by atoms with Crippen molar-refractivity contribution < 1.29 is 18.4 Å². The third-order valence-corrected chi connectivity index (χ3v) is 2.70. The quantitative estimate of drug-likeness (QED) is 0.252. The van der Waals surface area contributed by atoms with Crippen LogP contribution in [0.5, 0.6) is 0 Å². The molecule has 2 atom stereocenters. The smallest absolute Gasteiger partial charge is 0.378 e. The third-order valence-electron chi connectivity index (χ3n) is 2.70. The van der Waals surface area contributed by atoms with E-state index in [2.05, 4.69) is 4.99 Å². The van der Waals surface area contributed by atoms with Crippen LogP contribution in [0.4, 0.5) is 8.78 Å². The van der Waals surface area contributed by atoms with Gasteiger partial charge >= 0.3 is 6.05 Å². The molecule has 0 radical (unpaired) electrons. The van der Waals surface area contributed by atoms with Crippen LogP contribution in [0.2, 0.25) is 0 Å². The minimum atomic E-state index is -4.16. The van der Waals surface area contributed by atoms with Gasteiger partial charge in [-0.05, 0) is 13.3 Å². The SMILES string of the molecule is CC1CC(CN=C(N(C)C)C(F)(F)[N+](=O)[O-])CO1.